The Balaban J connectivity index is 1.37. The number of nitrogens with one attached hydrogen (secondary N) is 1. The minimum absolute atomic E-state index is 0.287. The minimum Gasteiger partial charge on any atom is -0.357 e. The maximum absolute atomic E-state index is 4.53. The highest BCUT2D eigenvalue weighted by Crippen LogP contribution is 2.20. The first kappa shape index (κ1) is 16.8. The molecule has 1 aliphatic rings. The molecule has 1 saturated heterocycles. The number of hydrogen-bond acceptors (Lipinski definition) is 4. The van der Waals surface area contributed by atoms with Gasteiger partial charge in [-0.1, -0.05) is 12.1 Å². The molecule has 0 amide bonds. The molecule has 0 aliphatic carbocycles. The van der Waals surface area contributed by atoms with Crippen LogP contribution in [0.5, 0.6) is 0 Å². The van der Waals surface area contributed by atoms with E-state index in [0.717, 1.165) is 31.1 Å². The van der Waals surface area contributed by atoms with Gasteiger partial charge < -0.3 is 14.8 Å². The Labute approximate surface area is 154 Å². The maximum atomic E-state index is 4.53. The summed E-state index contributed by atoms with van der Waals surface area (Å²) in [6.07, 6.45) is 10.0. The first-order valence-electron chi connectivity index (χ1n) is 9.31. The average Bonchev–Trinajstić information content (AvgIpc) is 3.40. The van der Waals surface area contributed by atoms with Crippen molar-refractivity contribution in [2.24, 2.45) is 0 Å². The van der Waals surface area contributed by atoms with Gasteiger partial charge in [-0.3, -0.25) is 0 Å². The highest BCUT2D eigenvalue weighted by molar-refractivity contribution is 5.42. The number of anilines is 1. The van der Waals surface area contributed by atoms with Crippen molar-refractivity contribution in [3.8, 4) is 5.69 Å². The van der Waals surface area contributed by atoms with E-state index in [9.17, 15) is 0 Å². The van der Waals surface area contributed by atoms with E-state index in [4.69, 9.17) is 0 Å². The molecule has 5 heteroatoms. The number of hydrogen-bond donors (Lipinski definition) is 1. The molecule has 0 spiro atoms. The quantitative estimate of drug-likeness (QED) is 0.738. The molecule has 5 nitrogen and oxygen atoms in total. The van der Waals surface area contributed by atoms with Gasteiger partial charge in [0, 0.05) is 50.0 Å². The molecule has 1 fully saturated rings. The molecule has 1 unspecified atom stereocenters. The van der Waals surface area contributed by atoms with Crippen molar-refractivity contribution in [1.82, 2.24) is 19.9 Å². The predicted octanol–water partition coefficient (Wildman–Crippen LogP) is 3.72. The molecule has 1 aromatic carbocycles. The predicted molar refractivity (Wildman–Crippen MR) is 105 cm³/mol. The second-order valence-electron chi connectivity index (χ2n) is 6.88. The Morgan fingerprint density at radius 3 is 2.62 bits per heavy atom. The van der Waals surface area contributed by atoms with E-state index in [1.54, 1.807) is 6.20 Å². The molecule has 0 saturated carbocycles. The van der Waals surface area contributed by atoms with Gasteiger partial charge in [-0.25, -0.2) is 9.97 Å². The fourth-order valence-corrected chi connectivity index (χ4v) is 3.43. The van der Waals surface area contributed by atoms with Gasteiger partial charge in [0.1, 0.15) is 5.82 Å². The summed E-state index contributed by atoms with van der Waals surface area (Å²) >= 11 is 0. The fourth-order valence-electron chi connectivity index (χ4n) is 3.43. The van der Waals surface area contributed by atoms with Crippen LogP contribution in [0.3, 0.4) is 0 Å². The Morgan fingerprint density at radius 1 is 1.08 bits per heavy atom. The van der Waals surface area contributed by atoms with E-state index in [0.29, 0.717) is 0 Å². The SMILES string of the molecule is CC(NCc1ccnc(N2CCCC2)c1)c1ccc(-n2ccnc2)cc1. The molecule has 134 valence electrons. The van der Waals surface area contributed by atoms with Gasteiger partial charge in [-0.2, -0.15) is 0 Å². The van der Waals surface area contributed by atoms with Crippen LogP contribution in [0.15, 0.2) is 61.3 Å². The molecular weight excluding hydrogens is 322 g/mol. The van der Waals surface area contributed by atoms with Crippen LogP contribution in [0.2, 0.25) is 0 Å². The normalized spacial score (nSPS) is 15.3. The van der Waals surface area contributed by atoms with Crippen LogP contribution in [-0.2, 0) is 6.54 Å². The molecule has 2 aromatic heterocycles. The standard InChI is InChI=1S/C21H25N5/c1-17(19-4-6-20(7-5-19)26-13-10-22-16-26)24-15-18-8-9-23-21(14-18)25-11-2-3-12-25/h4-10,13-14,16-17,24H,2-3,11-12,15H2,1H3. The van der Waals surface area contributed by atoms with Crippen LogP contribution < -0.4 is 10.2 Å². The zero-order valence-corrected chi connectivity index (χ0v) is 15.2. The van der Waals surface area contributed by atoms with Crippen LogP contribution in [0.4, 0.5) is 5.82 Å². The maximum Gasteiger partial charge on any atom is 0.128 e. The van der Waals surface area contributed by atoms with Crippen molar-refractivity contribution < 1.29 is 0 Å². The summed E-state index contributed by atoms with van der Waals surface area (Å²) < 4.78 is 2.01. The van der Waals surface area contributed by atoms with E-state index in [1.165, 1.54) is 24.0 Å². The minimum atomic E-state index is 0.287. The summed E-state index contributed by atoms with van der Waals surface area (Å²) in [7, 11) is 0. The first-order chi connectivity index (χ1) is 12.8. The molecule has 0 radical (unpaired) electrons. The van der Waals surface area contributed by atoms with Gasteiger partial charge in [0.2, 0.25) is 0 Å². The van der Waals surface area contributed by atoms with Gasteiger partial charge in [0.15, 0.2) is 0 Å². The molecular formula is C21H25N5. The first-order valence-corrected chi connectivity index (χ1v) is 9.31. The molecule has 4 rings (SSSR count). The third kappa shape index (κ3) is 3.78. The van der Waals surface area contributed by atoms with Crippen molar-refractivity contribution in [2.75, 3.05) is 18.0 Å². The topological polar surface area (TPSA) is 46.0 Å². The Bertz CT molecular complexity index is 820. The second kappa shape index (κ2) is 7.70. The highest BCUT2D eigenvalue weighted by atomic mass is 15.2. The number of imidazole rings is 1. The summed E-state index contributed by atoms with van der Waals surface area (Å²) in [6, 6.07) is 13.2. The largest absolute Gasteiger partial charge is 0.357 e. The van der Waals surface area contributed by atoms with Gasteiger partial charge in [-0.15, -0.1) is 0 Å². The van der Waals surface area contributed by atoms with Crippen molar-refractivity contribution >= 4 is 5.82 Å². The highest BCUT2D eigenvalue weighted by Gasteiger charge is 2.13. The number of benzene rings is 1. The van der Waals surface area contributed by atoms with Crippen molar-refractivity contribution in [2.45, 2.75) is 32.4 Å². The molecule has 26 heavy (non-hydrogen) atoms. The summed E-state index contributed by atoms with van der Waals surface area (Å²) in [5, 5.41) is 3.62. The third-order valence-corrected chi connectivity index (χ3v) is 5.05. The van der Waals surface area contributed by atoms with E-state index >= 15 is 0 Å². The van der Waals surface area contributed by atoms with Crippen LogP contribution in [0.25, 0.3) is 5.69 Å². The lowest BCUT2D eigenvalue weighted by molar-refractivity contribution is 0.574. The Hall–Kier alpha value is -2.66. The monoisotopic (exact) mass is 347 g/mol. The molecule has 3 aromatic rings. The van der Waals surface area contributed by atoms with E-state index < -0.39 is 0 Å². The molecule has 3 heterocycles. The molecule has 1 atom stereocenters. The summed E-state index contributed by atoms with van der Waals surface area (Å²) in [4.78, 5) is 11.0. The Kier molecular flexibility index (Phi) is 4.97. The molecule has 0 bridgehead atoms. The van der Waals surface area contributed by atoms with E-state index in [1.807, 2.05) is 23.3 Å². The van der Waals surface area contributed by atoms with Crippen molar-refractivity contribution in [3.63, 3.8) is 0 Å². The van der Waals surface area contributed by atoms with Crippen LogP contribution in [0.1, 0.15) is 36.9 Å². The lowest BCUT2D eigenvalue weighted by Crippen LogP contribution is -2.21. The number of nitrogens with zero attached hydrogens (tertiary/aromatic N) is 4. The summed E-state index contributed by atoms with van der Waals surface area (Å²) in [6.45, 7) is 5.30. The second-order valence-corrected chi connectivity index (χ2v) is 6.88. The van der Waals surface area contributed by atoms with Crippen LogP contribution in [0, 0.1) is 0 Å². The van der Waals surface area contributed by atoms with Gasteiger partial charge in [0.25, 0.3) is 0 Å². The zero-order valence-electron chi connectivity index (χ0n) is 15.2. The van der Waals surface area contributed by atoms with Crippen molar-refractivity contribution in [1.29, 1.82) is 0 Å². The fraction of sp³-hybridized carbons (Fsp3) is 0.333. The lowest BCUT2D eigenvalue weighted by atomic mass is 10.1. The smallest absolute Gasteiger partial charge is 0.128 e. The van der Waals surface area contributed by atoms with Gasteiger partial charge in [-0.05, 0) is 55.2 Å². The number of aromatic nitrogens is 3. The lowest BCUT2D eigenvalue weighted by Gasteiger charge is -2.18. The van der Waals surface area contributed by atoms with E-state index in [-0.39, 0.29) is 6.04 Å². The van der Waals surface area contributed by atoms with Gasteiger partial charge in [0.05, 0.1) is 6.33 Å². The molecule has 1 N–H and O–H groups in total. The van der Waals surface area contributed by atoms with E-state index in [2.05, 4.69) is 63.5 Å². The Morgan fingerprint density at radius 2 is 1.88 bits per heavy atom. The third-order valence-electron chi connectivity index (χ3n) is 5.05. The summed E-state index contributed by atoms with van der Waals surface area (Å²) in [5.74, 6) is 1.11. The number of rotatable bonds is 6. The van der Waals surface area contributed by atoms with Crippen molar-refractivity contribution in [3.05, 3.63) is 72.4 Å². The average molecular weight is 347 g/mol. The van der Waals surface area contributed by atoms with Gasteiger partial charge >= 0.3 is 0 Å². The molecule has 1 aliphatic heterocycles. The zero-order chi connectivity index (χ0) is 17.8. The summed E-state index contributed by atoms with van der Waals surface area (Å²) in [5.41, 5.74) is 3.69. The number of pyridine rings is 1. The van der Waals surface area contributed by atoms with Crippen LogP contribution >= 0.6 is 0 Å². The van der Waals surface area contributed by atoms with Crippen LogP contribution in [-0.4, -0.2) is 27.6 Å².